The quantitative estimate of drug-likeness (QED) is 0.745. The lowest BCUT2D eigenvalue weighted by molar-refractivity contribution is -0.192. The highest BCUT2D eigenvalue weighted by Crippen LogP contribution is 2.16. The molecule has 0 radical (unpaired) electrons. The monoisotopic (exact) mass is 275 g/mol. The van der Waals surface area contributed by atoms with Crippen molar-refractivity contribution in [1.82, 2.24) is 4.98 Å². The third-order valence-corrected chi connectivity index (χ3v) is 2.07. The van der Waals surface area contributed by atoms with E-state index in [1.54, 1.807) is 24.4 Å². The van der Waals surface area contributed by atoms with E-state index < -0.39 is 18.1 Å². The van der Waals surface area contributed by atoms with E-state index in [1.807, 2.05) is 6.07 Å². The molecule has 0 spiro atoms. The van der Waals surface area contributed by atoms with Gasteiger partial charge in [0.1, 0.15) is 0 Å². The largest absolute Gasteiger partial charge is 0.490 e. The molecule has 8 heteroatoms. The minimum atomic E-state index is -5.08. The van der Waals surface area contributed by atoms with Gasteiger partial charge in [-0.05, 0) is 18.2 Å². The number of hydrogen-bond donors (Lipinski definition) is 3. The average molecular weight is 275 g/mol. The number of carbonyl (C=O) groups is 2. The van der Waals surface area contributed by atoms with Crippen molar-refractivity contribution >= 4 is 22.8 Å². The maximum absolute atomic E-state index is 10.7. The van der Waals surface area contributed by atoms with Crippen LogP contribution in [0, 0.1) is 0 Å². The SMILES string of the molecule is O=C(O)C(F)(F)F.O=C(O)c1cccc2[nH]ccc12. The lowest BCUT2D eigenvalue weighted by atomic mass is 10.1. The maximum Gasteiger partial charge on any atom is 0.490 e. The van der Waals surface area contributed by atoms with Gasteiger partial charge >= 0.3 is 18.1 Å². The first-order valence-electron chi connectivity index (χ1n) is 4.83. The van der Waals surface area contributed by atoms with Crippen LogP contribution in [0.25, 0.3) is 10.9 Å². The molecular weight excluding hydrogens is 267 g/mol. The summed E-state index contributed by atoms with van der Waals surface area (Å²) in [5.74, 6) is -3.65. The van der Waals surface area contributed by atoms with Crippen molar-refractivity contribution in [1.29, 1.82) is 0 Å². The molecule has 0 atom stereocenters. The number of hydrogen-bond acceptors (Lipinski definition) is 2. The molecule has 0 saturated heterocycles. The van der Waals surface area contributed by atoms with Crippen LogP contribution in [0.4, 0.5) is 13.2 Å². The minimum absolute atomic E-state index is 0.341. The number of rotatable bonds is 1. The average Bonchev–Trinajstić information content (AvgIpc) is 2.75. The highest BCUT2D eigenvalue weighted by molar-refractivity contribution is 6.02. The first-order chi connectivity index (χ1) is 8.73. The van der Waals surface area contributed by atoms with Gasteiger partial charge < -0.3 is 15.2 Å². The van der Waals surface area contributed by atoms with Gasteiger partial charge in [0, 0.05) is 17.1 Å². The van der Waals surface area contributed by atoms with Gasteiger partial charge in [0.05, 0.1) is 5.56 Å². The Morgan fingerprint density at radius 3 is 2.16 bits per heavy atom. The van der Waals surface area contributed by atoms with Crippen molar-refractivity contribution < 1.29 is 33.0 Å². The number of aromatic nitrogens is 1. The zero-order valence-corrected chi connectivity index (χ0v) is 9.23. The van der Waals surface area contributed by atoms with E-state index in [9.17, 15) is 18.0 Å². The molecule has 19 heavy (non-hydrogen) atoms. The number of carboxylic acid groups (broad SMARTS) is 2. The first-order valence-corrected chi connectivity index (χ1v) is 4.83. The molecule has 0 unspecified atom stereocenters. The number of benzene rings is 1. The molecule has 102 valence electrons. The van der Waals surface area contributed by atoms with Gasteiger partial charge in [-0.2, -0.15) is 13.2 Å². The normalized spacial score (nSPS) is 10.7. The Hall–Kier alpha value is -2.51. The predicted octanol–water partition coefficient (Wildman–Crippen LogP) is 2.50. The molecule has 5 nitrogen and oxygen atoms in total. The minimum Gasteiger partial charge on any atom is -0.478 e. The molecule has 0 bridgehead atoms. The highest BCUT2D eigenvalue weighted by atomic mass is 19.4. The van der Waals surface area contributed by atoms with Gasteiger partial charge in [-0.1, -0.05) is 6.07 Å². The van der Waals surface area contributed by atoms with Crippen LogP contribution < -0.4 is 0 Å². The summed E-state index contributed by atoms with van der Waals surface area (Å²) in [7, 11) is 0. The topological polar surface area (TPSA) is 90.4 Å². The molecule has 0 saturated carbocycles. The molecule has 1 aromatic heterocycles. The Kier molecular flexibility index (Phi) is 4.15. The van der Waals surface area contributed by atoms with Crippen molar-refractivity contribution in [3.8, 4) is 0 Å². The zero-order valence-electron chi connectivity index (χ0n) is 9.23. The Morgan fingerprint density at radius 1 is 1.11 bits per heavy atom. The Balaban J connectivity index is 0.000000224. The van der Waals surface area contributed by atoms with Crippen molar-refractivity contribution in [2.75, 3.05) is 0 Å². The van der Waals surface area contributed by atoms with E-state index in [4.69, 9.17) is 15.0 Å². The molecule has 1 aromatic carbocycles. The fraction of sp³-hybridized carbons (Fsp3) is 0.0909. The highest BCUT2D eigenvalue weighted by Gasteiger charge is 2.38. The summed E-state index contributed by atoms with van der Waals surface area (Å²) in [6, 6.07) is 6.93. The van der Waals surface area contributed by atoms with E-state index in [0.717, 1.165) is 10.9 Å². The Morgan fingerprint density at radius 2 is 1.68 bits per heavy atom. The van der Waals surface area contributed by atoms with Crippen molar-refractivity contribution in [2.24, 2.45) is 0 Å². The fourth-order valence-electron chi connectivity index (χ4n) is 1.27. The second-order valence-corrected chi connectivity index (χ2v) is 3.35. The van der Waals surface area contributed by atoms with E-state index in [1.165, 1.54) is 0 Å². The molecule has 2 rings (SSSR count). The lowest BCUT2D eigenvalue weighted by Crippen LogP contribution is -2.21. The second-order valence-electron chi connectivity index (χ2n) is 3.35. The Bertz CT molecular complexity index is 603. The molecule has 0 aliphatic carbocycles. The summed E-state index contributed by atoms with van der Waals surface area (Å²) in [5, 5.41) is 16.7. The van der Waals surface area contributed by atoms with Gasteiger partial charge in [0.15, 0.2) is 0 Å². The molecule has 2 aromatic rings. The number of H-pyrrole nitrogens is 1. The molecule has 0 amide bonds. The number of aromatic amines is 1. The smallest absolute Gasteiger partial charge is 0.478 e. The Labute approximate surface area is 104 Å². The number of halogens is 3. The number of aromatic carboxylic acids is 1. The first kappa shape index (κ1) is 14.6. The number of aliphatic carboxylic acids is 1. The standard InChI is InChI=1S/C9H7NO2.C2HF3O2/c11-9(12)7-2-1-3-8-6(7)4-5-10-8;3-2(4,5)1(6)7/h1-5,10H,(H,11,12);(H,6,7). The summed E-state index contributed by atoms with van der Waals surface area (Å²) < 4.78 is 31.7. The number of alkyl halides is 3. The van der Waals surface area contributed by atoms with Gasteiger partial charge in [0.25, 0.3) is 0 Å². The molecule has 0 fully saturated rings. The summed E-state index contributed by atoms with van der Waals surface area (Å²) in [6.07, 6.45) is -3.35. The molecule has 0 aliphatic rings. The van der Waals surface area contributed by atoms with Gasteiger partial charge in [-0.25, -0.2) is 9.59 Å². The summed E-state index contributed by atoms with van der Waals surface area (Å²) in [4.78, 5) is 22.5. The van der Waals surface area contributed by atoms with E-state index in [0.29, 0.717) is 5.56 Å². The van der Waals surface area contributed by atoms with Crippen LogP contribution in [-0.4, -0.2) is 33.3 Å². The lowest BCUT2D eigenvalue weighted by Gasteiger charge is -1.94. The van der Waals surface area contributed by atoms with Crippen molar-refractivity contribution in [3.05, 3.63) is 36.0 Å². The predicted molar refractivity (Wildman–Crippen MR) is 58.9 cm³/mol. The van der Waals surface area contributed by atoms with Crippen LogP contribution in [0.15, 0.2) is 30.5 Å². The van der Waals surface area contributed by atoms with Crippen LogP contribution in [0.5, 0.6) is 0 Å². The van der Waals surface area contributed by atoms with Crippen LogP contribution >= 0.6 is 0 Å². The van der Waals surface area contributed by atoms with Crippen LogP contribution in [0.2, 0.25) is 0 Å². The van der Waals surface area contributed by atoms with Crippen LogP contribution in [-0.2, 0) is 4.79 Å². The molecular formula is C11H8F3NO4. The zero-order chi connectivity index (χ0) is 14.6. The van der Waals surface area contributed by atoms with E-state index in [-0.39, 0.29) is 0 Å². The van der Waals surface area contributed by atoms with Gasteiger partial charge in [0.2, 0.25) is 0 Å². The van der Waals surface area contributed by atoms with Crippen LogP contribution in [0.1, 0.15) is 10.4 Å². The molecule has 0 aliphatic heterocycles. The van der Waals surface area contributed by atoms with Gasteiger partial charge in [-0.3, -0.25) is 0 Å². The summed E-state index contributed by atoms with van der Waals surface area (Å²) in [6.45, 7) is 0. The third kappa shape index (κ3) is 3.73. The third-order valence-electron chi connectivity index (χ3n) is 2.07. The van der Waals surface area contributed by atoms with Crippen molar-refractivity contribution in [3.63, 3.8) is 0 Å². The second kappa shape index (κ2) is 5.42. The number of nitrogens with one attached hydrogen (secondary N) is 1. The van der Waals surface area contributed by atoms with Crippen molar-refractivity contribution in [2.45, 2.75) is 6.18 Å². The van der Waals surface area contributed by atoms with E-state index in [2.05, 4.69) is 4.98 Å². The maximum atomic E-state index is 10.7. The molecule has 3 N–H and O–H groups in total. The molecule has 1 heterocycles. The van der Waals surface area contributed by atoms with Crippen LogP contribution in [0.3, 0.4) is 0 Å². The number of fused-ring (bicyclic) bond motifs is 1. The summed E-state index contributed by atoms with van der Waals surface area (Å²) in [5.41, 5.74) is 1.20. The number of carboxylic acids is 2. The van der Waals surface area contributed by atoms with E-state index >= 15 is 0 Å². The van der Waals surface area contributed by atoms with Gasteiger partial charge in [-0.15, -0.1) is 0 Å². The summed E-state index contributed by atoms with van der Waals surface area (Å²) >= 11 is 0. The fourth-order valence-corrected chi connectivity index (χ4v) is 1.27.